The summed E-state index contributed by atoms with van der Waals surface area (Å²) in [6.07, 6.45) is 3.62. The van der Waals surface area contributed by atoms with Crippen LogP contribution in [-0.2, 0) is 0 Å². The number of piperidine rings is 1. The third-order valence-corrected chi connectivity index (χ3v) is 4.53. The van der Waals surface area contributed by atoms with E-state index in [1.54, 1.807) is 6.20 Å². The van der Waals surface area contributed by atoms with E-state index < -0.39 is 0 Å². The molecular formula is C19H26N4O2. The number of hydrogen-bond donors (Lipinski definition) is 2. The number of H-pyrrole nitrogens is 1. The van der Waals surface area contributed by atoms with Crippen LogP contribution in [0.1, 0.15) is 42.9 Å². The highest BCUT2D eigenvalue weighted by Crippen LogP contribution is 2.20. The van der Waals surface area contributed by atoms with Crippen molar-refractivity contribution in [3.8, 4) is 5.75 Å². The highest BCUT2D eigenvalue weighted by Gasteiger charge is 2.25. The van der Waals surface area contributed by atoms with E-state index in [1.807, 2.05) is 30.9 Å². The Morgan fingerprint density at radius 3 is 2.56 bits per heavy atom. The predicted octanol–water partition coefficient (Wildman–Crippen LogP) is 3.34. The fraction of sp³-hybridized carbons (Fsp3) is 0.474. The average Bonchev–Trinajstić information content (AvgIpc) is 3.04. The first kappa shape index (κ1) is 17.3. The van der Waals surface area contributed by atoms with Crippen molar-refractivity contribution >= 4 is 6.03 Å². The molecule has 1 aromatic carbocycles. The van der Waals surface area contributed by atoms with Crippen LogP contribution >= 0.6 is 0 Å². The molecule has 0 saturated carbocycles. The molecule has 1 aliphatic heterocycles. The highest BCUT2D eigenvalue weighted by atomic mass is 16.5. The molecule has 2 N–H and O–H groups in total. The van der Waals surface area contributed by atoms with Gasteiger partial charge in [-0.2, -0.15) is 0 Å². The minimum Gasteiger partial charge on any atom is -0.490 e. The molecule has 0 radical (unpaired) electrons. The smallest absolute Gasteiger partial charge is 0.317 e. The van der Waals surface area contributed by atoms with Crippen molar-refractivity contribution in [2.75, 3.05) is 13.1 Å². The van der Waals surface area contributed by atoms with Crippen molar-refractivity contribution in [2.24, 2.45) is 0 Å². The van der Waals surface area contributed by atoms with Crippen molar-refractivity contribution in [3.05, 3.63) is 47.5 Å². The van der Waals surface area contributed by atoms with Crippen molar-refractivity contribution in [2.45, 2.75) is 45.8 Å². The van der Waals surface area contributed by atoms with Crippen LogP contribution in [0.4, 0.5) is 4.79 Å². The fourth-order valence-electron chi connectivity index (χ4n) is 2.98. The van der Waals surface area contributed by atoms with Gasteiger partial charge in [-0.3, -0.25) is 0 Å². The number of hydrogen-bond acceptors (Lipinski definition) is 3. The topological polar surface area (TPSA) is 70.2 Å². The normalized spacial score (nSPS) is 16.5. The van der Waals surface area contributed by atoms with Crippen LogP contribution in [0.2, 0.25) is 0 Å². The van der Waals surface area contributed by atoms with Crippen molar-refractivity contribution in [1.82, 2.24) is 20.2 Å². The van der Waals surface area contributed by atoms with Crippen molar-refractivity contribution in [3.63, 3.8) is 0 Å². The molecule has 6 heteroatoms. The number of ether oxygens (including phenoxy) is 1. The quantitative estimate of drug-likeness (QED) is 0.895. The van der Waals surface area contributed by atoms with Crippen LogP contribution in [0.3, 0.4) is 0 Å². The molecule has 2 aromatic rings. The molecule has 0 bridgehead atoms. The number of benzene rings is 1. The molecule has 0 aliphatic carbocycles. The number of nitrogens with zero attached hydrogens (tertiary/aromatic N) is 2. The van der Waals surface area contributed by atoms with Gasteiger partial charge in [0.05, 0.1) is 6.04 Å². The third kappa shape index (κ3) is 4.53. The Morgan fingerprint density at radius 2 is 1.96 bits per heavy atom. The van der Waals surface area contributed by atoms with Gasteiger partial charge in [0.2, 0.25) is 0 Å². The van der Waals surface area contributed by atoms with E-state index in [9.17, 15) is 4.79 Å². The first-order valence-corrected chi connectivity index (χ1v) is 8.81. The monoisotopic (exact) mass is 342 g/mol. The molecule has 2 heterocycles. The largest absolute Gasteiger partial charge is 0.490 e. The number of nitrogens with one attached hydrogen (secondary N) is 2. The zero-order valence-electron chi connectivity index (χ0n) is 15.1. The standard InChI is InChI=1S/C19H26N4O2/c1-13-4-6-16(7-5-13)25-17-8-10-23(11-9-17)19(24)22-15(3)18-20-12-14(2)21-18/h4-7,12,15,17H,8-11H2,1-3H3,(H,20,21)(H,22,24)/t15-/m1/s1. The second-order valence-electron chi connectivity index (χ2n) is 6.74. The number of rotatable bonds is 4. The number of carbonyl (C=O) groups is 1. The van der Waals surface area contributed by atoms with Gasteiger partial charge in [-0.05, 0) is 32.9 Å². The number of likely N-dealkylation sites (tertiary alicyclic amines) is 1. The Morgan fingerprint density at radius 1 is 1.28 bits per heavy atom. The Balaban J connectivity index is 1.46. The molecular weight excluding hydrogens is 316 g/mol. The zero-order chi connectivity index (χ0) is 17.8. The van der Waals surface area contributed by atoms with E-state index in [2.05, 4.69) is 34.3 Å². The minimum atomic E-state index is -0.136. The van der Waals surface area contributed by atoms with Gasteiger partial charge in [-0.15, -0.1) is 0 Å². The molecule has 3 rings (SSSR count). The molecule has 1 saturated heterocycles. The van der Waals surface area contributed by atoms with Gasteiger partial charge < -0.3 is 19.9 Å². The van der Waals surface area contributed by atoms with Crippen LogP contribution < -0.4 is 10.1 Å². The lowest BCUT2D eigenvalue weighted by molar-refractivity contribution is 0.110. The summed E-state index contributed by atoms with van der Waals surface area (Å²) in [7, 11) is 0. The third-order valence-electron chi connectivity index (χ3n) is 4.53. The lowest BCUT2D eigenvalue weighted by atomic mass is 10.1. The Labute approximate surface area is 148 Å². The van der Waals surface area contributed by atoms with E-state index in [-0.39, 0.29) is 18.2 Å². The van der Waals surface area contributed by atoms with Gasteiger partial charge in [0.1, 0.15) is 17.7 Å². The fourth-order valence-corrected chi connectivity index (χ4v) is 2.98. The van der Waals surface area contributed by atoms with Crippen molar-refractivity contribution < 1.29 is 9.53 Å². The summed E-state index contributed by atoms with van der Waals surface area (Å²) >= 11 is 0. The zero-order valence-corrected chi connectivity index (χ0v) is 15.1. The maximum atomic E-state index is 12.4. The summed E-state index contributed by atoms with van der Waals surface area (Å²) < 4.78 is 6.02. The molecule has 134 valence electrons. The summed E-state index contributed by atoms with van der Waals surface area (Å²) in [5.41, 5.74) is 2.21. The summed E-state index contributed by atoms with van der Waals surface area (Å²) in [6.45, 7) is 7.34. The second-order valence-corrected chi connectivity index (χ2v) is 6.74. The van der Waals surface area contributed by atoms with E-state index in [4.69, 9.17) is 4.74 Å². The van der Waals surface area contributed by atoms with Gasteiger partial charge in [0, 0.05) is 37.8 Å². The Bertz CT molecular complexity index is 702. The van der Waals surface area contributed by atoms with Crippen LogP contribution in [0.25, 0.3) is 0 Å². The predicted molar refractivity (Wildman–Crippen MR) is 96.7 cm³/mol. The number of imidazole rings is 1. The molecule has 2 amide bonds. The van der Waals surface area contributed by atoms with Gasteiger partial charge in [-0.25, -0.2) is 9.78 Å². The summed E-state index contributed by atoms with van der Waals surface area (Å²) in [6, 6.07) is 7.92. The van der Waals surface area contributed by atoms with Gasteiger partial charge >= 0.3 is 6.03 Å². The average molecular weight is 342 g/mol. The molecule has 0 spiro atoms. The number of aromatic amines is 1. The van der Waals surface area contributed by atoms with Crippen LogP contribution in [-0.4, -0.2) is 40.1 Å². The second kappa shape index (κ2) is 7.59. The van der Waals surface area contributed by atoms with Gasteiger partial charge in [0.15, 0.2) is 0 Å². The number of aryl methyl sites for hydroxylation is 2. The molecule has 0 unspecified atom stereocenters. The Hall–Kier alpha value is -2.50. The first-order chi connectivity index (χ1) is 12.0. The molecule has 1 aliphatic rings. The number of amides is 2. The van der Waals surface area contributed by atoms with E-state index >= 15 is 0 Å². The highest BCUT2D eigenvalue weighted by molar-refractivity contribution is 5.74. The lowest BCUT2D eigenvalue weighted by Gasteiger charge is -2.32. The summed E-state index contributed by atoms with van der Waals surface area (Å²) in [5, 5.41) is 3.00. The number of aromatic nitrogens is 2. The molecule has 1 aromatic heterocycles. The van der Waals surface area contributed by atoms with E-state index in [0.717, 1.165) is 30.1 Å². The van der Waals surface area contributed by atoms with Crippen LogP contribution in [0, 0.1) is 13.8 Å². The molecule has 1 fully saturated rings. The van der Waals surface area contributed by atoms with E-state index in [0.29, 0.717) is 13.1 Å². The SMILES string of the molecule is Cc1ccc(OC2CCN(C(=O)N[C@H](C)c3ncc(C)[nH]3)CC2)cc1. The lowest BCUT2D eigenvalue weighted by Crippen LogP contribution is -2.47. The van der Waals surface area contributed by atoms with Crippen LogP contribution in [0.15, 0.2) is 30.5 Å². The van der Waals surface area contributed by atoms with Gasteiger partial charge in [0.25, 0.3) is 0 Å². The number of urea groups is 1. The Kier molecular flexibility index (Phi) is 5.26. The summed E-state index contributed by atoms with van der Waals surface area (Å²) in [5.74, 6) is 1.68. The summed E-state index contributed by atoms with van der Waals surface area (Å²) in [4.78, 5) is 21.7. The van der Waals surface area contributed by atoms with Gasteiger partial charge in [-0.1, -0.05) is 17.7 Å². The molecule has 25 heavy (non-hydrogen) atoms. The minimum absolute atomic E-state index is 0.0460. The first-order valence-electron chi connectivity index (χ1n) is 8.81. The van der Waals surface area contributed by atoms with E-state index in [1.165, 1.54) is 5.56 Å². The maximum Gasteiger partial charge on any atom is 0.317 e. The molecule has 6 nitrogen and oxygen atoms in total. The maximum absolute atomic E-state index is 12.4. The molecule has 1 atom stereocenters. The van der Waals surface area contributed by atoms with Crippen molar-refractivity contribution in [1.29, 1.82) is 0 Å². The number of carbonyl (C=O) groups excluding carboxylic acids is 1. The van der Waals surface area contributed by atoms with Crippen LogP contribution in [0.5, 0.6) is 5.75 Å².